The van der Waals surface area contributed by atoms with Gasteiger partial charge in [0.05, 0.1) is 6.10 Å². The molecule has 1 fully saturated rings. The molecular weight excluding hydrogens is 304 g/mol. The lowest BCUT2D eigenvalue weighted by Crippen LogP contribution is -2.50. The van der Waals surface area contributed by atoms with Gasteiger partial charge >= 0.3 is 11.9 Å². The largest absolute Gasteiger partial charge is 0.463 e. The molecule has 0 aromatic carbocycles. The van der Waals surface area contributed by atoms with Crippen LogP contribution in [0, 0.1) is 11.8 Å². The van der Waals surface area contributed by atoms with E-state index in [4.69, 9.17) is 14.2 Å². The first-order chi connectivity index (χ1) is 8.32. The SMILES string of the molecule is CC(=O)OCC1O[C@@H](Br)C(OC(C)=O)[C@@H](C)[C@H]1C. The Hall–Kier alpha value is -0.620. The van der Waals surface area contributed by atoms with Crippen molar-refractivity contribution in [2.24, 2.45) is 11.8 Å². The van der Waals surface area contributed by atoms with E-state index in [1.165, 1.54) is 13.8 Å². The zero-order valence-electron chi connectivity index (χ0n) is 11.0. The van der Waals surface area contributed by atoms with Crippen LogP contribution in [0.5, 0.6) is 0 Å². The Morgan fingerprint density at radius 1 is 1.17 bits per heavy atom. The fourth-order valence-corrected chi connectivity index (χ4v) is 2.85. The molecule has 5 nitrogen and oxygen atoms in total. The summed E-state index contributed by atoms with van der Waals surface area (Å²) in [5, 5.41) is -0.381. The quantitative estimate of drug-likeness (QED) is 0.586. The van der Waals surface area contributed by atoms with Crippen LogP contribution in [-0.2, 0) is 23.8 Å². The second kappa shape index (κ2) is 6.52. The first kappa shape index (κ1) is 15.4. The van der Waals surface area contributed by atoms with Crippen molar-refractivity contribution in [1.29, 1.82) is 0 Å². The first-order valence-corrected chi connectivity index (χ1v) is 6.84. The van der Waals surface area contributed by atoms with Gasteiger partial charge in [0.2, 0.25) is 0 Å². The van der Waals surface area contributed by atoms with Gasteiger partial charge in [-0.15, -0.1) is 0 Å². The molecule has 1 saturated heterocycles. The molecule has 5 atom stereocenters. The highest BCUT2D eigenvalue weighted by Crippen LogP contribution is 2.35. The fraction of sp³-hybridized carbons (Fsp3) is 0.833. The van der Waals surface area contributed by atoms with E-state index in [1.54, 1.807) is 0 Å². The molecule has 18 heavy (non-hydrogen) atoms. The van der Waals surface area contributed by atoms with E-state index >= 15 is 0 Å². The van der Waals surface area contributed by atoms with E-state index in [-0.39, 0.29) is 47.6 Å². The van der Waals surface area contributed by atoms with Gasteiger partial charge in [-0.2, -0.15) is 0 Å². The summed E-state index contributed by atoms with van der Waals surface area (Å²) in [6.45, 7) is 6.95. The number of hydrogen-bond donors (Lipinski definition) is 0. The summed E-state index contributed by atoms with van der Waals surface area (Å²) in [6, 6.07) is 0. The molecule has 0 N–H and O–H groups in total. The Morgan fingerprint density at radius 2 is 1.78 bits per heavy atom. The van der Waals surface area contributed by atoms with Crippen LogP contribution in [0.4, 0.5) is 0 Å². The third-order valence-corrected chi connectivity index (χ3v) is 3.99. The molecule has 0 saturated carbocycles. The number of esters is 2. The van der Waals surface area contributed by atoms with Gasteiger partial charge in [-0.1, -0.05) is 29.8 Å². The van der Waals surface area contributed by atoms with Crippen LogP contribution in [0.2, 0.25) is 0 Å². The molecule has 0 radical (unpaired) electrons. The van der Waals surface area contributed by atoms with Crippen molar-refractivity contribution in [3.05, 3.63) is 0 Å². The molecule has 0 amide bonds. The Morgan fingerprint density at radius 3 is 2.28 bits per heavy atom. The number of carbonyl (C=O) groups is 2. The fourth-order valence-electron chi connectivity index (χ4n) is 1.99. The van der Waals surface area contributed by atoms with Crippen LogP contribution < -0.4 is 0 Å². The maximum absolute atomic E-state index is 11.0. The van der Waals surface area contributed by atoms with Gasteiger partial charge in [0.1, 0.15) is 17.7 Å². The summed E-state index contributed by atoms with van der Waals surface area (Å²) in [5.41, 5.74) is 0. The summed E-state index contributed by atoms with van der Waals surface area (Å²) >= 11 is 3.36. The standard InChI is InChI=1S/C12H19BrO5/c1-6-7(2)11(17-9(4)15)12(13)18-10(6)5-16-8(3)14/h6-7,10-12H,5H2,1-4H3/t6-,7+,10?,11?,12-/m1/s1. The van der Waals surface area contributed by atoms with Crippen LogP contribution in [-0.4, -0.2) is 35.8 Å². The number of hydrogen-bond acceptors (Lipinski definition) is 5. The van der Waals surface area contributed by atoms with E-state index in [2.05, 4.69) is 15.9 Å². The van der Waals surface area contributed by atoms with Gasteiger partial charge in [0.25, 0.3) is 0 Å². The summed E-state index contributed by atoms with van der Waals surface area (Å²) in [6.07, 6.45) is -0.522. The molecule has 1 aliphatic rings. The number of rotatable bonds is 3. The lowest BCUT2D eigenvalue weighted by Gasteiger charge is -2.41. The van der Waals surface area contributed by atoms with E-state index in [1.807, 2.05) is 13.8 Å². The molecule has 1 aliphatic heterocycles. The molecule has 0 spiro atoms. The van der Waals surface area contributed by atoms with Crippen molar-refractivity contribution in [2.75, 3.05) is 6.61 Å². The normalized spacial score (nSPS) is 35.9. The zero-order valence-corrected chi connectivity index (χ0v) is 12.6. The van der Waals surface area contributed by atoms with Crippen molar-refractivity contribution in [1.82, 2.24) is 0 Å². The smallest absolute Gasteiger partial charge is 0.303 e. The maximum atomic E-state index is 11.0. The average molecular weight is 323 g/mol. The molecule has 1 rings (SSSR count). The number of ether oxygens (including phenoxy) is 3. The molecule has 2 unspecified atom stereocenters. The van der Waals surface area contributed by atoms with Gasteiger partial charge in [0, 0.05) is 19.8 Å². The summed E-state index contributed by atoms with van der Waals surface area (Å²) < 4.78 is 15.9. The van der Waals surface area contributed by atoms with Crippen molar-refractivity contribution >= 4 is 27.9 Å². The Bertz CT molecular complexity index is 318. The van der Waals surface area contributed by atoms with Gasteiger partial charge in [0.15, 0.2) is 0 Å². The second-order valence-electron chi connectivity index (χ2n) is 4.62. The van der Waals surface area contributed by atoms with Crippen molar-refractivity contribution in [3.63, 3.8) is 0 Å². The predicted molar refractivity (Wildman–Crippen MR) is 68.1 cm³/mol. The van der Waals surface area contributed by atoms with Gasteiger partial charge in [-0.05, 0) is 5.92 Å². The van der Waals surface area contributed by atoms with Crippen LogP contribution >= 0.6 is 15.9 Å². The maximum Gasteiger partial charge on any atom is 0.303 e. The monoisotopic (exact) mass is 322 g/mol. The minimum atomic E-state index is -0.381. The molecule has 0 aromatic heterocycles. The number of alkyl halides is 1. The van der Waals surface area contributed by atoms with Crippen molar-refractivity contribution in [3.8, 4) is 0 Å². The van der Waals surface area contributed by atoms with E-state index < -0.39 is 0 Å². The highest BCUT2D eigenvalue weighted by molar-refractivity contribution is 9.09. The van der Waals surface area contributed by atoms with Gasteiger partial charge in [-0.3, -0.25) is 9.59 Å². The number of carbonyl (C=O) groups excluding carboxylic acids is 2. The second-order valence-corrected chi connectivity index (χ2v) is 5.52. The van der Waals surface area contributed by atoms with E-state index in [0.717, 1.165) is 0 Å². The van der Waals surface area contributed by atoms with Crippen LogP contribution in [0.15, 0.2) is 0 Å². The first-order valence-electron chi connectivity index (χ1n) is 5.93. The van der Waals surface area contributed by atoms with Crippen molar-refractivity contribution in [2.45, 2.75) is 44.9 Å². The number of halogens is 1. The molecule has 104 valence electrons. The minimum absolute atomic E-state index is 0.118. The minimum Gasteiger partial charge on any atom is -0.463 e. The Kier molecular flexibility index (Phi) is 5.59. The Labute approximate surface area is 115 Å². The van der Waals surface area contributed by atoms with E-state index in [0.29, 0.717) is 0 Å². The highest BCUT2D eigenvalue weighted by atomic mass is 79.9. The van der Waals surface area contributed by atoms with Crippen LogP contribution in [0.3, 0.4) is 0 Å². The Balaban J connectivity index is 2.64. The lowest BCUT2D eigenvalue weighted by atomic mass is 9.84. The molecular formula is C12H19BrO5. The average Bonchev–Trinajstić information content (AvgIpc) is 2.27. The highest BCUT2D eigenvalue weighted by Gasteiger charge is 2.42. The summed E-state index contributed by atoms with van der Waals surface area (Å²) in [5.74, 6) is -0.410. The molecule has 1 heterocycles. The topological polar surface area (TPSA) is 61.8 Å². The molecule has 6 heteroatoms. The molecule has 0 bridgehead atoms. The molecule has 0 aliphatic carbocycles. The van der Waals surface area contributed by atoms with Gasteiger partial charge in [-0.25, -0.2) is 0 Å². The lowest BCUT2D eigenvalue weighted by molar-refractivity contribution is -0.183. The van der Waals surface area contributed by atoms with Crippen LogP contribution in [0.25, 0.3) is 0 Å². The zero-order chi connectivity index (χ0) is 13.9. The predicted octanol–water partition coefficient (Wildman–Crippen LogP) is 1.87. The van der Waals surface area contributed by atoms with Gasteiger partial charge < -0.3 is 14.2 Å². The van der Waals surface area contributed by atoms with E-state index in [9.17, 15) is 9.59 Å². The molecule has 0 aromatic rings. The van der Waals surface area contributed by atoms with Crippen LogP contribution in [0.1, 0.15) is 27.7 Å². The summed E-state index contributed by atoms with van der Waals surface area (Å²) in [7, 11) is 0. The van der Waals surface area contributed by atoms with Crippen molar-refractivity contribution < 1.29 is 23.8 Å². The summed E-state index contributed by atoms with van der Waals surface area (Å²) in [4.78, 5) is 21.8. The third-order valence-electron chi connectivity index (χ3n) is 3.25. The third kappa shape index (κ3) is 3.95.